The van der Waals surface area contributed by atoms with E-state index in [1.807, 2.05) is 0 Å². The minimum atomic E-state index is -1.13. The van der Waals surface area contributed by atoms with Gasteiger partial charge in [-0.3, -0.25) is 4.79 Å². The molecule has 1 aliphatic heterocycles. The van der Waals surface area contributed by atoms with Crippen molar-refractivity contribution in [2.45, 2.75) is 12.8 Å². The summed E-state index contributed by atoms with van der Waals surface area (Å²) in [6.45, 7) is 1.07. The average Bonchev–Trinajstić information content (AvgIpc) is 2.49. The van der Waals surface area contributed by atoms with Crippen LogP contribution in [0, 0.1) is 5.41 Å². The largest absolute Gasteiger partial charge is 0.506 e. The Bertz CT molecular complexity index is 552. The number of phenolic OH excluding ortho intramolecular Hbond substituents is 1. The third-order valence-electron chi connectivity index (χ3n) is 3.81. The average molecular weight is 294 g/mol. The number of carboxylic acid groups (broad SMARTS) is 1. The molecule has 0 radical (unpaired) electrons. The van der Waals surface area contributed by atoms with Crippen molar-refractivity contribution in [3.05, 3.63) is 23.8 Å². The van der Waals surface area contributed by atoms with Crippen LogP contribution >= 0.6 is 0 Å². The zero-order valence-electron chi connectivity index (χ0n) is 11.5. The summed E-state index contributed by atoms with van der Waals surface area (Å²) in [5.41, 5.74) is 5.04. The van der Waals surface area contributed by atoms with Gasteiger partial charge in [0, 0.05) is 19.8 Å². The van der Waals surface area contributed by atoms with Crippen molar-refractivity contribution in [1.29, 1.82) is 0 Å². The Morgan fingerprint density at radius 1 is 1.33 bits per heavy atom. The number of carbonyl (C=O) groups excluding carboxylic acids is 1. The van der Waals surface area contributed by atoms with Crippen molar-refractivity contribution in [3.8, 4) is 5.75 Å². The number of ether oxygens (including phenoxy) is 1. The lowest BCUT2D eigenvalue weighted by Gasteiger charge is -2.34. The van der Waals surface area contributed by atoms with Crippen LogP contribution in [0.25, 0.3) is 0 Å². The van der Waals surface area contributed by atoms with Gasteiger partial charge in [-0.15, -0.1) is 0 Å². The molecule has 0 aliphatic carbocycles. The number of amides is 1. The standard InChI is InChI=1S/C14H18N2O5/c15-8-14(3-5-21-6-4-14)13(20)16-10-7-9(12(18)19)1-2-11(10)17/h1-2,7,17H,3-6,8,15H2,(H,16,20)(H,18,19). The van der Waals surface area contributed by atoms with E-state index in [4.69, 9.17) is 15.6 Å². The lowest BCUT2D eigenvalue weighted by Crippen LogP contribution is -2.46. The fourth-order valence-electron chi connectivity index (χ4n) is 2.31. The normalized spacial score (nSPS) is 17.2. The van der Waals surface area contributed by atoms with E-state index in [1.54, 1.807) is 0 Å². The summed E-state index contributed by atoms with van der Waals surface area (Å²) < 4.78 is 5.24. The fraction of sp³-hybridized carbons (Fsp3) is 0.429. The highest BCUT2D eigenvalue weighted by Gasteiger charge is 2.39. The van der Waals surface area contributed by atoms with Gasteiger partial charge in [-0.05, 0) is 31.0 Å². The SMILES string of the molecule is NCC1(C(=O)Nc2cc(C(=O)O)ccc2O)CCOCC1. The number of rotatable bonds is 4. The lowest BCUT2D eigenvalue weighted by atomic mass is 9.79. The minimum Gasteiger partial charge on any atom is -0.506 e. The molecule has 0 unspecified atom stereocenters. The van der Waals surface area contributed by atoms with Crippen molar-refractivity contribution in [1.82, 2.24) is 0 Å². The number of aromatic carboxylic acids is 1. The van der Waals surface area contributed by atoms with Crippen molar-refractivity contribution in [3.63, 3.8) is 0 Å². The Hall–Kier alpha value is -2.12. The summed E-state index contributed by atoms with van der Waals surface area (Å²) >= 11 is 0. The maximum absolute atomic E-state index is 12.4. The van der Waals surface area contributed by atoms with Gasteiger partial charge in [-0.2, -0.15) is 0 Å². The Balaban J connectivity index is 2.22. The maximum atomic E-state index is 12.4. The molecule has 0 bridgehead atoms. The van der Waals surface area contributed by atoms with Crippen LogP contribution in [-0.4, -0.2) is 41.8 Å². The second-order valence-electron chi connectivity index (χ2n) is 5.09. The van der Waals surface area contributed by atoms with Gasteiger partial charge in [0.15, 0.2) is 0 Å². The molecular formula is C14H18N2O5. The monoisotopic (exact) mass is 294 g/mol. The first-order valence-corrected chi connectivity index (χ1v) is 6.64. The Kier molecular flexibility index (Phi) is 4.44. The molecule has 0 aromatic heterocycles. The van der Waals surface area contributed by atoms with Gasteiger partial charge < -0.3 is 26.0 Å². The fourth-order valence-corrected chi connectivity index (χ4v) is 2.31. The van der Waals surface area contributed by atoms with Crippen LogP contribution in [0.3, 0.4) is 0 Å². The number of carbonyl (C=O) groups is 2. The maximum Gasteiger partial charge on any atom is 0.335 e. The van der Waals surface area contributed by atoms with E-state index in [9.17, 15) is 14.7 Å². The second kappa shape index (κ2) is 6.11. The Morgan fingerprint density at radius 2 is 2.00 bits per heavy atom. The number of phenols is 1. The van der Waals surface area contributed by atoms with Gasteiger partial charge in [0.1, 0.15) is 5.75 Å². The highest BCUT2D eigenvalue weighted by atomic mass is 16.5. The predicted molar refractivity (Wildman–Crippen MR) is 75.2 cm³/mol. The molecule has 5 N–H and O–H groups in total. The number of nitrogens with one attached hydrogen (secondary N) is 1. The molecule has 7 nitrogen and oxygen atoms in total. The van der Waals surface area contributed by atoms with E-state index in [2.05, 4.69) is 5.32 Å². The summed E-state index contributed by atoms with van der Waals surface area (Å²) in [5, 5.41) is 21.3. The number of aromatic hydroxyl groups is 1. The van der Waals surface area contributed by atoms with Crippen LogP contribution < -0.4 is 11.1 Å². The van der Waals surface area contributed by atoms with Crippen LogP contribution in [-0.2, 0) is 9.53 Å². The van der Waals surface area contributed by atoms with Gasteiger partial charge in [0.25, 0.3) is 0 Å². The van der Waals surface area contributed by atoms with E-state index in [0.717, 1.165) is 0 Å². The molecule has 1 aliphatic rings. The van der Waals surface area contributed by atoms with Crippen LogP contribution in [0.4, 0.5) is 5.69 Å². The van der Waals surface area contributed by atoms with E-state index in [0.29, 0.717) is 26.1 Å². The lowest BCUT2D eigenvalue weighted by molar-refractivity contribution is -0.130. The van der Waals surface area contributed by atoms with Gasteiger partial charge in [-0.25, -0.2) is 4.79 Å². The second-order valence-corrected chi connectivity index (χ2v) is 5.09. The predicted octanol–water partition coefficient (Wildman–Crippen LogP) is 0.784. The van der Waals surface area contributed by atoms with Crippen LogP contribution in [0.2, 0.25) is 0 Å². The zero-order valence-corrected chi connectivity index (χ0v) is 11.5. The molecule has 1 fully saturated rings. The quantitative estimate of drug-likeness (QED) is 0.609. The smallest absolute Gasteiger partial charge is 0.335 e. The molecule has 114 valence electrons. The molecule has 1 aromatic rings. The summed E-state index contributed by atoms with van der Waals surface area (Å²) in [5.74, 6) is -1.65. The molecule has 1 heterocycles. The number of hydrogen-bond acceptors (Lipinski definition) is 5. The highest BCUT2D eigenvalue weighted by molar-refractivity contribution is 5.98. The van der Waals surface area contributed by atoms with Crippen LogP contribution in [0.15, 0.2) is 18.2 Å². The van der Waals surface area contributed by atoms with E-state index >= 15 is 0 Å². The van der Waals surface area contributed by atoms with Gasteiger partial charge in [0.2, 0.25) is 5.91 Å². The molecule has 1 amide bonds. The number of carboxylic acids is 1. The minimum absolute atomic E-state index is 0.0168. The molecule has 7 heteroatoms. The van der Waals surface area contributed by atoms with Gasteiger partial charge >= 0.3 is 5.97 Å². The first kappa shape index (κ1) is 15.3. The molecule has 0 saturated carbocycles. The zero-order chi connectivity index (χ0) is 15.5. The molecule has 21 heavy (non-hydrogen) atoms. The van der Waals surface area contributed by atoms with E-state index in [1.165, 1.54) is 18.2 Å². The number of nitrogens with two attached hydrogens (primary N) is 1. The van der Waals surface area contributed by atoms with E-state index < -0.39 is 11.4 Å². The Labute approximate surface area is 121 Å². The molecule has 0 spiro atoms. The molecular weight excluding hydrogens is 276 g/mol. The number of hydrogen-bond donors (Lipinski definition) is 4. The molecule has 0 atom stereocenters. The first-order chi connectivity index (χ1) is 9.98. The van der Waals surface area contributed by atoms with E-state index in [-0.39, 0.29) is 29.5 Å². The first-order valence-electron chi connectivity index (χ1n) is 6.64. The van der Waals surface area contributed by atoms with Gasteiger partial charge in [0.05, 0.1) is 16.7 Å². The van der Waals surface area contributed by atoms with Crippen LogP contribution in [0.5, 0.6) is 5.75 Å². The third-order valence-corrected chi connectivity index (χ3v) is 3.81. The van der Waals surface area contributed by atoms with Gasteiger partial charge in [-0.1, -0.05) is 0 Å². The number of benzene rings is 1. The summed E-state index contributed by atoms with van der Waals surface area (Å²) in [6, 6.07) is 3.72. The van der Waals surface area contributed by atoms with Crippen molar-refractivity contribution in [2.75, 3.05) is 25.1 Å². The summed E-state index contributed by atoms with van der Waals surface area (Å²) in [7, 11) is 0. The molecule has 2 rings (SSSR count). The Morgan fingerprint density at radius 3 is 2.57 bits per heavy atom. The summed E-state index contributed by atoms with van der Waals surface area (Å²) in [6.07, 6.45) is 0.990. The molecule has 1 aromatic carbocycles. The van der Waals surface area contributed by atoms with Crippen molar-refractivity contribution < 1.29 is 24.5 Å². The number of anilines is 1. The molecule has 1 saturated heterocycles. The van der Waals surface area contributed by atoms with Crippen LogP contribution in [0.1, 0.15) is 23.2 Å². The van der Waals surface area contributed by atoms with Crippen molar-refractivity contribution in [2.24, 2.45) is 11.1 Å². The highest BCUT2D eigenvalue weighted by Crippen LogP contribution is 2.33. The third kappa shape index (κ3) is 3.14. The topological polar surface area (TPSA) is 122 Å². The van der Waals surface area contributed by atoms with Crippen molar-refractivity contribution >= 4 is 17.6 Å². The summed E-state index contributed by atoms with van der Waals surface area (Å²) in [4.78, 5) is 23.4.